The van der Waals surface area contributed by atoms with Crippen LogP contribution in [0.3, 0.4) is 0 Å². The van der Waals surface area contributed by atoms with Gasteiger partial charge < -0.3 is 15.5 Å². The molecule has 1 rings (SSSR count). The lowest BCUT2D eigenvalue weighted by Crippen LogP contribution is -2.18. The summed E-state index contributed by atoms with van der Waals surface area (Å²) in [7, 11) is 0. The Morgan fingerprint density at radius 1 is 1.20 bits per heavy atom. The first kappa shape index (κ1) is 13.2. The van der Waals surface area contributed by atoms with Gasteiger partial charge in [-0.25, -0.2) is 9.59 Å². The Balaban J connectivity index is 0.000000262. The van der Waals surface area contributed by atoms with Crippen molar-refractivity contribution in [3.63, 3.8) is 0 Å². The predicted octanol–water partition coefficient (Wildman–Crippen LogP) is 0.985. The van der Waals surface area contributed by atoms with Crippen LogP contribution in [0.15, 0.2) is 24.4 Å². The molecule has 1 heterocycles. The number of aliphatic carboxylic acids is 2. The van der Waals surface area contributed by atoms with Crippen molar-refractivity contribution in [2.24, 2.45) is 0 Å². The van der Waals surface area contributed by atoms with Gasteiger partial charge in [-0.15, -0.1) is 0 Å². The van der Waals surface area contributed by atoms with E-state index in [1.54, 1.807) is 0 Å². The third kappa shape index (κ3) is 10.1. The van der Waals surface area contributed by atoms with E-state index in [-0.39, 0.29) is 0 Å². The second kappa shape index (κ2) is 7.61. The molecule has 0 radical (unpaired) electrons. The van der Waals surface area contributed by atoms with E-state index in [4.69, 9.17) is 10.2 Å². The van der Waals surface area contributed by atoms with E-state index in [9.17, 15) is 9.59 Å². The van der Waals surface area contributed by atoms with Crippen molar-refractivity contribution in [1.82, 2.24) is 5.32 Å². The molecule has 84 valence electrons. The van der Waals surface area contributed by atoms with E-state index in [1.807, 2.05) is 0 Å². The fourth-order valence-electron chi connectivity index (χ4n) is 0.960. The first-order valence-electron chi connectivity index (χ1n) is 4.58. The van der Waals surface area contributed by atoms with E-state index in [2.05, 4.69) is 11.9 Å². The average molecular weight is 213 g/mol. The topological polar surface area (TPSA) is 86.6 Å². The minimum Gasteiger partial charge on any atom is -0.478 e. The molecule has 0 aliphatic carbocycles. The minimum atomic E-state index is -1.26. The van der Waals surface area contributed by atoms with Crippen LogP contribution in [-0.4, -0.2) is 28.7 Å². The van der Waals surface area contributed by atoms with Crippen LogP contribution in [-0.2, 0) is 9.59 Å². The monoisotopic (exact) mass is 213 g/mol. The lowest BCUT2D eigenvalue weighted by molar-refractivity contribution is -0.134. The highest BCUT2D eigenvalue weighted by Gasteiger charge is 1.98. The number of hydrogen-bond donors (Lipinski definition) is 3. The Kier molecular flexibility index (Phi) is 6.70. The molecule has 1 saturated heterocycles. The molecule has 0 bridgehead atoms. The zero-order valence-electron chi connectivity index (χ0n) is 8.40. The van der Waals surface area contributed by atoms with Gasteiger partial charge >= 0.3 is 11.9 Å². The Morgan fingerprint density at radius 2 is 1.73 bits per heavy atom. The van der Waals surface area contributed by atoms with Gasteiger partial charge in [0.2, 0.25) is 0 Å². The summed E-state index contributed by atoms with van der Waals surface area (Å²) < 4.78 is 0. The van der Waals surface area contributed by atoms with Crippen LogP contribution in [0, 0.1) is 0 Å². The number of hydrogen-bond acceptors (Lipinski definition) is 3. The van der Waals surface area contributed by atoms with E-state index >= 15 is 0 Å². The number of allylic oxidation sites excluding steroid dienone is 1. The predicted molar refractivity (Wildman–Crippen MR) is 55.4 cm³/mol. The molecule has 0 unspecified atom stereocenters. The first-order valence-corrected chi connectivity index (χ1v) is 4.58. The third-order valence-corrected chi connectivity index (χ3v) is 1.65. The molecule has 0 saturated carbocycles. The minimum absolute atomic E-state index is 0.558. The van der Waals surface area contributed by atoms with Crippen LogP contribution in [0.1, 0.15) is 19.3 Å². The lowest BCUT2D eigenvalue weighted by atomic mass is 10.1. The van der Waals surface area contributed by atoms with E-state index in [1.165, 1.54) is 25.0 Å². The Morgan fingerprint density at radius 3 is 1.93 bits per heavy atom. The van der Waals surface area contributed by atoms with Crippen LogP contribution >= 0.6 is 0 Å². The van der Waals surface area contributed by atoms with Gasteiger partial charge in [-0.05, 0) is 19.3 Å². The number of carbonyl (C=O) groups is 2. The van der Waals surface area contributed by atoms with Gasteiger partial charge in [-0.1, -0.05) is 6.58 Å². The molecule has 1 aliphatic rings. The maximum atomic E-state index is 9.55. The fraction of sp³-hybridized carbons (Fsp3) is 0.400. The molecule has 0 aromatic rings. The molecule has 1 fully saturated rings. The molecule has 5 nitrogen and oxygen atoms in total. The highest BCUT2D eigenvalue weighted by Crippen LogP contribution is 2.06. The summed E-state index contributed by atoms with van der Waals surface area (Å²) in [5, 5.41) is 18.8. The SMILES string of the molecule is C=C1CCCCN1.O=C(O)/C=C/C(=O)O. The number of carboxylic acids is 2. The summed E-state index contributed by atoms with van der Waals surface area (Å²) in [6, 6.07) is 0. The van der Waals surface area contributed by atoms with Crippen LogP contribution in [0.5, 0.6) is 0 Å². The summed E-state index contributed by atoms with van der Waals surface area (Å²) in [6.07, 6.45) is 4.94. The summed E-state index contributed by atoms with van der Waals surface area (Å²) in [5.74, 6) is -2.51. The van der Waals surface area contributed by atoms with Crippen LogP contribution in [0.25, 0.3) is 0 Å². The largest absolute Gasteiger partial charge is 0.478 e. The van der Waals surface area contributed by atoms with Crippen molar-refractivity contribution in [2.45, 2.75) is 19.3 Å². The number of nitrogens with one attached hydrogen (secondary N) is 1. The van der Waals surface area contributed by atoms with E-state index in [0.29, 0.717) is 12.2 Å². The third-order valence-electron chi connectivity index (χ3n) is 1.65. The molecule has 0 spiro atoms. The summed E-state index contributed by atoms with van der Waals surface area (Å²) in [5.41, 5.74) is 1.21. The van der Waals surface area contributed by atoms with Gasteiger partial charge in [0.05, 0.1) is 0 Å². The zero-order chi connectivity index (χ0) is 11.7. The van der Waals surface area contributed by atoms with Crippen LogP contribution < -0.4 is 5.32 Å². The number of carboxylic acid groups (broad SMARTS) is 2. The van der Waals surface area contributed by atoms with Crippen molar-refractivity contribution in [1.29, 1.82) is 0 Å². The normalized spacial score (nSPS) is 15.1. The van der Waals surface area contributed by atoms with Crippen LogP contribution in [0.2, 0.25) is 0 Å². The standard InChI is InChI=1S/C6H11N.C4H4O4/c1-6-4-2-3-5-7-6;5-3(6)1-2-4(7)8/h7H,1-5H2;1-2H,(H,5,6)(H,7,8)/b;2-1+. The fourth-order valence-corrected chi connectivity index (χ4v) is 0.960. The molecule has 0 aromatic heterocycles. The van der Waals surface area contributed by atoms with Gasteiger partial charge in [0.1, 0.15) is 0 Å². The molecule has 1 aliphatic heterocycles. The van der Waals surface area contributed by atoms with E-state index in [0.717, 1.165) is 6.54 Å². The van der Waals surface area contributed by atoms with Crippen molar-refractivity contribution in [3.05, 3.63) is 24.4 Å². The van der Waals surface area contributed by atoms with Crippen molar-refractivity contribution in [3.8, 4) is 0 Å². The molecule has 5 heteroatoms. The van der Waals surface area contributed by atoms with E-state index < -0.39 is 11.9 Å². The molecule has 0 amide bonds. The van der Waals surface area contributed by atoms with Gasteiger partial charge in [-0.3, -0.25) is 0 Å². The summed E-state index contributed by atoms with van der Waals surface area (Å²) in [4.78, 5) is 19.1. The van der Waals surface area contributed by atoms with Gasteiger partial charge in [0.25, 0.3) is 0 Å². The molecule has 3 N–H and O–H groups in total. The Labute approximate surface area is 88.1 Å². The second-order valence-corrected chi connectivity index (χ2v) is 3.00. The average Bonchev–Trinajstić information content (AvgIpc) is 2.17. The molecular weight excluding hydrogens is 198 g/mol. The molecule has 0 atom stereocenters. The molecule has 15 heavy (non-hydrogen) atoms. The number of piperidine rings is 1. The summed E-state index contributed by atoms with van der Waals surface area (Å²) in [6.45, 7) is 4.94. The maximum Gasteiger partial charge on any atom is 0.328 e. The van der Waals surface area contributed by atoms with Crippen molar-refractivity contribution < 1.29 is 19.8 Å². The van der Waals surface area contributed by atoms with Gasteiger partial charge in [0.15, 0.2) is 0 Å². The Hall–Kier alpha value is -1.78. The quantitative estimate of drug-likeness (QED) is 0.595. The summed E-state index contributed by atoms with van der Waals surface area (Å²) >= 11 is 0. The molecule has 0 aromatic carbocycles. The van der Waals surface area contributed by atoms with Crippen LogP contribution in [0.4, 0.5) is 0 Å². The van der Waals surface area contributed by atoms with Crippen molar-refractivity contribution in [2.75, 3.05) is 6.54 Å². The first-order chi connectivity index (χ1) is 7.02. The Bertz CT molecular complexity index is 247. The highest BCUT2D eigenvalue weighted by atomic mass is 16.4. The zero-order valence-corrected chi connectivity index (χ0v) is 8.40. The maximum absolute atomic E-state index is 9.55. The van der Waals surface area contributed by atoms with Crippen molar-refractivity contribution >= 4 is 11.9 Å². The van der Waals surface area contributed by atoms with Gasteiger partial charge in [-0.2, -0.15) is 0 Å². The highest BCUT2D eigenvalue weighted by molar-refractivity contribution is 5.89. The van der Waals surface area contributed by atoms with Gasteiger partial charge in [0, 0.05) is 24.4 Å². The second-order valence-electron chi connectivity index (χ2n) is 3.00. The molecular formula is C10H15NO4. The smallest absolute Gasteiger partial charge is 0.328 e. The lowest BCUT2D eigenvalue weighted by Gasteiger charge is -2.13. The number of rotatable bonds is 2.